The van der Waals surface area contributed by atoms with E-state index < -0.39 is 23.8 Å². The highest BCUT2D eigenvalue weighted by Gasteiger charge is 2.35. The van der Waals surface area contributed by atoms with E-state index in [1.54, 1.807) is 18.5 Å². The van der Waals surface area contributed by atoms with Gasteiger partial charge in [0.2, 0.25) is 18.2 Å². The quantitative estimate of drug-likeness (QED) is 0.0962. The summed E-state index contributed by atoms with van der Waals surface area (Å²) >= 11 is 0. The Bertz CT molecular complexity index is 2350. The Morgan fingerprint density at radius 2 is 1.58 bits per heavy atom. The third kappa shape index (κ3) is 6.62. The van der Waals surface area contributed by atoms with Crippen LogP contribution in [0.1, 0.15) is 51.9 Å². The summed E-state index contributed by atoms with van der Waals surface area (Å²) < 4.78 is 1.92. The van der Waals surface area contributed by atoms with Crippen LogP contribution < -0.4 is 15.1 Å². The van der Waals surface area contributed by atoms with Gasteiger partial charge in [-0.3, -0.25) is 34.4 Å². The molecule has 2 N–H and O–H groups in total. The number of carbonyl (C=O) groups excluding carboxylic acids is 4. The zero-order chi connectivity index (χ0) is 38.2. The zero-order valence-electron chi connectivity index (χ0n) is 30.6. The Morgan fingerprint density at radius 3 is 2.29 bits per heavy atom. The van der Waals surface area contributed by atoms with Crippen LogP contribution in [0.5, 0.6) is 0 Å². The van der Waals surface area contributed by atoms with E-state index in [-0.39, 0.29) is 12.8 Å². The first-order valence-electron chi connectivity index (χ1n) is 18.4. The highest BCUT2D eigenvalue weighted by Crippen LogP contribution is 2.35. The van der Waals surface area contributed by atoms with Gasteiger partial charge in [-0.25, -0.2) is 4.68 Å². The van der Waals surface area contributed by atoms with Crippen molar-refractivity contribution in [1.29, 1.82) is 0 Å². The molecular weight excluding hydrogens is 697 g/mol. The lowest BCUT2D eigenvalue weighted by Gasteiger charge is -2.38. The minimum absolute atomic E-state index is 0.0708. The number of nitrogens with one attached hydrogen (secondary N) is 1. The van der Waals surface area contributed by atoms with E-state index in [9.17, 15) is 24.4 Å². The SMILES string of the molecule is Cc1c(C(=O)N(C=O)C2CCC(=O)NC2=O)ccc(N2CCN(c3ccc(-n4cc(-c5ccc6c(c5)CC/C6=N\O)c(-c5ccncc5)n4)cc3)CC2)c1C. The van der Waals surface area contributed by atoms with Gasteiger partial charge in [0.1, 0.15) is 11.7 Å². The van der Waals surface area contributed by atoms with Gasteiger partial charge in [0.25, 0.3) is 5.91 Å². The number of anilines is 2. The second-order valence-corrected chi connectivity index (χ2v) is 14.1. The molecule has 2 aliphatic heterocycles. The highest BCUT2D eigenvalue weighted by atomic mass is 16.4. The average molecular weight is 737 g/mol. The number of hydrogen-bond donors (Lipinski definition) is 2. The molecule has 3 aromatic carbocycles. The smallest absolute Gasteiger partial charge is 0.261 e. The number of piperazine rings is 1. The maximum absolute atomic E-state index is 13.5. The highest BCUT2D eigenvalue weighted by molar-refractivity contribution is 6.08. The van der Waals surface area contributed by atoms with Crippen LogP contribution in [0.25, 0.3) is 28.1 Å². The Hall–Kier alpha value is -6.63. The minimum Gasteiger partial charge on any atom is -0.411 e. The molecule has 5 aromatic rings. The van der Waals surface area contributed by atoms with Crippen molar-refractivity contribution in [2.75, 3.05) is 36.0 Å². The molecular formula is C42H40N8O5. The molecule has 1 atom stereocenters. The number of benzene rings is 3. The summed E-state index contributed by atoms with van der Waals surface area (Å²) in [7, 11) is 0. The first-order valence-corrected chi connectivity index (χ1v) is 18.4. The lowest BCUT2D eigenvalue weighted by Crippen LogP contribution is -2.54. The van der Waals surface area contributed by atoms with Gasteiger partial charge in [0.15, 0.2) is 0 Å². The fourth-order valence-corrected chi connectivity index (χ4v) is 7.93. The van der Waals surface area contributed by atoms with Crippen molar-refractivity contribution in [3.63, 3.8) is 0 Å². The van der Waals surface area contributed by atoms with Crippen molar-refractivity contribution in [3.8, 4) is 28.1 Å². The van der Waals surface area contributed by atoms with Gasteiger partial charge in [0, 0.05) is 84.8 Å². The molecule has 4 heterocycles. The third-order valence-electron chi connectivity index (χ3n) is 11.1. The lowest BCUT2D eigenvalue weighted by molar-refractivity contribution is -0.139. The molecule has 0 spiro atoms. The van der Waals surface area contributed by atoms with E-state index in [1.807, 2.05) is 42.8 Å². The molecule has 4 amide bonds. The molecule has 0 saturated carbocycles. The Kier molecular flexibility index (Phi) is 9.43. The fraction of sp³-hybridized carbons (Fsp3) is 0.262. The molecule has 13 nitrogen and oxygen atoms in total. The molecule has 2 fully saturated rings. The first kappa shape index (κ1) is 35.4. The van der Waals surface area contributed by atoms with Gasteiger partial charge >= 0.3 is 0 Å². The number of oxime groups is 1. The Labute approximate surface area is 317 Å². The summed E-state index contributed by atoms with van der Waals surface area (Å²) in [6, 6.07) is 21.2. The molecule has 8 rings (SSSR count). The van der Waals surface area contributed by atoms with E-state index in [0.717, 1.165) is 111 Å². The number of rotatable bonds is 8. The minimum atomic E-state index is -1.01. The van der Waals surface area contributed by atoms with Crippen molar-refractivity contribution in [2.45, 2.75) is 45.6 Å². The number of pyridine rings is 1. The van der Waals surface area contributed by atoms with E-state index in [0.29, 0.717) is 12.0 Å². The molecule has 2 aromatic heterocycles. The number of amides is 4. The largest absolute Gasteiger partial charge is 0.411 e. The van der Waals surface area contributed by atoms with Gasteiger partial charge in [-0.2, -0.15) is 5.10 Å². The molecule has 0 bridgehead atoms. The van der Waals surface area contributed by atoms with Crippen LogP contribution in [0.4, 0.5) is 11.4 Å². The summed E-state index contributed by atoms with van der Waals surface area (Å²) in [4.78, 5) is 59.2. The van der Waals surface area contributed by atoms with Crippen molar-refractivity contribution >= 4 is 41.2 Å². The monoisotopic (exact) mass is 736 g/mol. The molecule has 1 unspecified atom stereocenters. The summed E-state index contributed by atoms with van der Waals surface area (Å²) in [5.74, 6) is -1.60. The standard InChI is InChI=1S/C42H40N8O5/c1-26-27(2)37(12-10-33(26)42(54)49(25-51)38-13-14-39(52)44-41(38)53)48-21-19-47(20-22-48)31-5-7-32(8-6-31)50-24-35(40(45-50)28-15-17-43-18-16-28)30-3-9-34-29(23-30)4-11-36(34)46-55/h3,5-10,12,15-18,23-25,38,55H,4,11,13-14,19-22H2,1-2H3,(H,44,52,53)/b46-36+. The van der Waals surface area contributed by atoms with Crippen LogP contribution >= 0.6 is 0 Å². The summed E-state index contributed by atoms with van der Waals surface area (Å²) in [5, 5.41) is 20.2. The maximum atomic E-state index is 13.5. The number of nitrogens with zero attached hydrogens (tertiary/aromatic N) is 7. The van der Waals surface area contributed by atoms with Crippen LogP contribution in [0.2, 0.25) is 0 Å². The van der Waals surface area contributed by atoms with Gasteiger partial charge in [-0.15, -0.1) is 0 Å². The number of piperidine rings is 1. The zero-order valence-corrected chi connectivity index (χ0v) is 30.6. The Balaban J connectivity index is 0.968. The van der Waals surface area contributed by atoms with Crippen molar-refractivity contribution in [3.05, 3.63) is 113 Å². The van der Waals surface area contributed by atoms with Crippen LogP contribution in [0.15, 0.2) is 90.5 Å². The van der Waals surface area contributed by atoms with Gasteiger partial charge in [-0.05, 0) is 104 Å². The van der Waals surface area contributed by atoms with E-state index in [2.05, 4.69) is 67.9 Å². The number of fused-ring (bicyclic) bond motifs is 1. The second-order valence-electron chi connectivity index (χ2n) is 14.1. The van der Waals surface area contributed by atoms with Crippen molar-refractivity contribution in [1.82, 2.24) is 25.0 Å². The predicted molar refractivity (Wildman–Crippen MR) is 208 cm³/mol. The normalized spacial score (nSPS) is 17.6. The van der Waals surface area contributed by atoms with Crippen LogP contribution in [0, 0.1) is 13.8 Å². The summed E-state index contributed by atoms with van der Waals surface area (Å²) in [5.41, 5.74) is 11.9. The number of hydrogen-bond acceptors (Lipinski definition) is 10. The summed E-state index contributed by atoms with van der Waals surface area (Å²) in [6.45, 7) is 6.97. The van der Waals surface area contributed by atoms with Crippen molar-refractivity contribution in [2.24, 2.45) is 5.16 Å². The molecule has 13 heteroatoms. The van der Waals surface area contributed by atoms with Crippen LogP contribution in [-0.4, -0.2) is 86.9 Å². The average Bonchev–Trinajstić information content (AvgIpc) is 3.85. The molecule has 3 aliphatic rings. The molecule has 278 valence electrons. The lowest BCUT2D eigenvalue weighted by atomic mass is 9.98. The first-order chi connectivity index (χ1) is 26.7. The Morgan fingerprint density at radius 1 is 0.855 bits per heavy atom. The summed E-state index contributed by atoms with van der Waals surface area (Å²) in [6.07, 6.45) is 7.72. The second kappa shape index (κ2) is 14.7. The number of imide groups is 2. The molecule has 0 radical (unpaired) electrons. The molecule has 2 saturated heterocycles. The van der Waals surface area contributed by atoms with Crippen LogP contribution in [0.3, 0.4) is 0 Å². The van der Waals surface area contributed by atoms with E-state index in [1.165, 1.54) is 0 Å². The molecule has 1 aliphatic carbocycles. The predicted octanol–water partition coefficient (Wildman–Crippen LogP) is 5.07. The number of carbonyl (C=O) groups is 4. The van der Waals surface area contributed by atoms with Crippen LogP contribution in [-0.2, 0) is 20.8 Å². The van der Waals surface area contributed by atoms with E-state index in [4.69, 9.17) is 5.10 Å². The molecule has 55 heavy (non-hydrogen) atoms. The number of aromatic nitrogens is 3. The topological polar surface area (TPSA) is 153 Å². The number of aryl methyl sites for hydroxylation is 1. The van der Waals surface area contributed by atoms with Gasteiger partial charge in [-0.1, -0.05) is 23.4 Å². The third-order valence-corrected chi connectivity index (χ3v) is 11.1. The van der Waals surface area contributed by atoms with E-state index >= 15 is 0 Å². The van der Waals surface area contributed by atoms with Gasteiger partial charge < -0.3 is 15.0 Å². The van der Waals surface area contributed by atoms with Crippen molar-refractivity contribution < 1.29 is 24.4 Å². The fourth-order valence-electron chi connectivity index (χ4n) is 7.93. The maximum Gasteiger partial charge on any atom is 0.261 e. The van der Waals surface area contributed by atoms with Gasteiger partial charge in [0.05, 0.1) is 11.4 Å².